The van der Waals surface area contributed by atoms with Crippen molar-refractivity contribution >= 4 is 11.8 Å². The lowest BCUT2D eigenvalue weighted by Gasteiger charge is -1.87. The summed E-state index contributed by atoms with van der Waals surface area (Å²) >= 11 is 0. The Kier molecular flexibility index (Phi) is 2.38. The predicted molar refractivity (Wildman–Crippen MR) is 35.9 cm³/mol. The normalized spacial score (nSPS) is 21.7. The molecule has 1 rings (SSSR count). The van der Waals surface area contributed by atoms with Crippen molar-refractivity contribution in [3.63, 3.8) is 0 Å². The zero-order chi connectivity index (χ0) is 8.27. The van der Waals surface area contributed by atoms with Gasteiger partial charge in [-0.3, -0.25) is 4.79 Å². The summed E-state index contributed by atoms with van der Waals surface area (Å²) in [5, 5.41) is 0. The molecule has 0 spiro atoms. The second kappa shape index (κ2) is 3.30. The molecule has 0 aromatic carbocycles. The summed E-state index contributed by atoms with van der Waals surface area (Å²) in [6, 6.07) is 0. The van der Waals surface area contributed by atoms with Gasteiger partial charge in [0.15, 0.2) is 5.78 Å². The largest absolute Gasteiger partial charge is 0.466 e. The van der Waals surface area contributed by atoms with E-state index < -0.39 is 5.97 Å². The predicted octanol–water partition coefficient (Wildman–Crippen LogP) is -0.317. The van der Waals surface area contributed by atoms with Crippen LogP contribution in [0.2, 0.25) is 0 Å². The molecule has 0 radical (unpaired) electrons. The maximum atomic E-state index is 10.8. The van der Waals surface area contributed by atoms with Crippen LogP contribution in [0.3, 0.4) is 0 Å². The number of rotatable bonds is 3. The van der Waals surface area contributed by atoms with Gasteiger partial charge < -0.3 is 9.47 Å². The number of ketones is 1. The van der Waals surface area contributed by atoms with Crippen LogP contribution in [-0.2, 0) is 19.1 Å². The summed E-state index contributed by atoms with van der Waals surface area (Å²) in [7, 11) is 1.25. The van der Waals surface area contributed by atoms with Crippen LogP contribution in [0.25, 0.3) is 0 Å². The standard InChI is InChI=1S/C7H8O4/c1-10-7(9)3-2-5(8)6-4-11-6/h2-3,6H,4H2,1H3/b3-2+/t6-/m0/s1. The summed E-state index contributed by atoms with van der Waals surface area (Å²) in [5.74, 6) is -0.714. The highest BCUT2D eigenvalue weighted by Gasteiger charge is 2.28. The number of carbonyl (C=O) groups is 2. The Balaban J connectivity index is 2.33. The Labute approximate surface area is 63.8 Å². The van der Waals surface area contributed by atoms with Crippen LogP contribution in [0.1, 0.15) is 0 Å². The number of methoxy groups -OCH3 is 1. The van der Waals surface area contributed by atoms with Crippen molar-refractivity contribution in [3.05, 3.63) is 12.2 Å². The number of carbonyl (C=O) groups excluding carboxylic acids is 2. The van der Waals surface area contributed by atoms with Crippen LogP contribution < -0.4 is 0 Å². The van der Waals surface area contributed by atoms with Crippen molar-refractivity contribution in [2.24, 2.45) is 0 Å². The fraction of sp³-hybridized carbons (Fsp3) is 0.429. The topological polar surface area (TPSA) is 55.9 Å². The first-order valence-electron chi connectivity index (χ1n) is 3.15. The van der Waals surface area contributed by atoms with E-state index in [1.807, 2.05) is 0 Å². The maximum absolute atomic E-state index is 10.8. The lowest BCUT2D eigenvalue weighted by Crippen LogP contribution is -2.03. The molecule has 0 amide bonds. The fourth-order valence-corrected chi connectivity index (χ4v) is 0.538. The third kappa shape index (κ3) is 2.51. The van der Waals surface area contributed by atoms with E-state index >= 15 is 0 Å². The molecule has 0 unspecified atom stereocenters. The van der Waals surface area contributed by atoms with Crippen molar-refractivity contribution in [2.75, 3.05) is 13.7 Å². The monoisotopic (exact) mass is 156 g/mol. The molecule has 0 saturated carbocycles. The molecule has 0 N–H and O–H groups in total. The molecule has 4 heteroatoms. The summed E-state index contributed by atoms with van der Waals surface area (Å²) in [6.45, 7) is 0.463. The Morgan fingerprint density at radius 3 is 2.64 bits per heavy atom. The van der Waals surface area contributed by atoms with Gasteiger partial charge in [0, 0.05) is 6.08 Å². The molecule has 60 valence electrons. The van der Waals surface area contributed by atoms with E-state index in [2.05, 4.69) is 9.47 Å². The third-order valence-electron chi connectivity index (χ3n) is 1.24. The van der Waals surface area contributed by atoms with Crippen LogP contribution in [0, 0.1) is 0 Å². The van der Waals surface area contributed by atoms with Crippen LogP contribution in [0.4, 0.5) is 0 Å². The number of ether oxygens (including phenoxy) is 2. The minimum Gasteiger partial charge on any atom is -0.466 e. The average Bonchev–Trinajstić information content (AvgIpc) is 2.81. The Hall–Kier alpha value is -1.16. The second-order valence-electron chi connectivity index (χ2n) is 2.08. The summed E-state index contributed by atoms with van der Waals surface area (Å²) < 4.78 is 8.97. The summed E-state index contributed by atoms with van der Waals surface area (Å²) in [6.07, 6.45) is 1.93. The van der Waals surface area contributed by atoms with E-state index in [1.165, 1.54) is 13.2 Å². The zero-order valence-corrected chi connectivity index (χ0v) is 6.07. The Morgan fingerprint density at radius 1 is 1.55 bits per heavy atom. The van der Waals surface area contributed by atoms with Crippen molar-refractivity contribution in [2.45, 2.75) is 6.10 Å². The molecule has 1 heterocycles. The lowest BCUT2D eigenvalue weighted by atomic mass is 10.3. The molecule has 1 aliphatic heterocycles. The first-order valence-corrected chi connectivity index (χ1v) is 3.15. The van der Waals surface area contributed by atoms with Crippen LogP contribution in [0.15, 0.2) is 12.2 Å². The van der Waals surface area contributed by atoms with Gasteiger partial charge in [-0.05, 0) is 6.08 Å². The second-order valence-corrected chi connectivity index (χ2v) is 2.08. The van der Waals surface area contributed by atoms with Gasteiger partial charge in [0.1, 0.15) is 6.10 Å². The molecular formula is C7H8O4. The van der Waals surface area contributed by atoms with Crippen molar-refractivity contribution < 1.29 is 19.1 Å². The van der Waals surface area contributed by atoms with E-state index in [1.54, 1.807) is 0 Å². The van der Waals surface area contributed by atoms with E-state index in [0.29, 0.717) is 6.61 Å². The molecule has 0 aromatic rings. The van der Waals surface area contributed by atoms with Gasteiger partial charge in [-0.25, -0.2) is 4.79 Å². The molecule has 0 bridgehead atoms. The van der Waals surface area contributed by atoms with Crippen LogP contribution in [-0.4, -0.2) is 31.6 Å². The van der Waals surface area contributed by atoms with Gasteiger partial charge in [0.05, 0.1) is 13.7 Å². The Morgan fingerprint density at radius 2 is 2.18 bits per heavy atom. The van der Waals surface area contributed by atoms with Crippen molar-refractivity contribution in [1.82, 2.24) is 0 Å². The fourth-order valence-electron chi connectivity index (χ4n) is 0.538. The SMILES string of the molecule is COC(=O)/C=C/C(=O)[C@@H]1CO1. The minimum atomic E-state index is -0.529. The average molecular weight is 156 g/mol. The van der Waals surface area contributed by atoms with Crippen LogP contribution >= 0.6 is 0 Å². The molecule has 1 fully saturated rings. The van der Waals surface area contributed by atoms with Gasteiger partial charge >= 0.3 is 5.97 Å². The Bertz CT molecular complexity index is 202. The zero-order valence-electron chi connectivity index (χ0n) is 6.07. The van der Waals surface area contributed by atoms with Gasteiger partial charge in [-0.2, -0.15) is 0 Å². The minimum absolute atomic E-state index is 0.185. The van der Waals surface area contributed by atoms with Gasteiger partial charge in [-0.15, -0.1) is 0 Å². The third-order valence-corrected chi connectivity index (χ3v) is 1.24. The molecule has 0 aromatic heterocycles. The first-order chi connectivity index (χ1) is 5.24. The van der Waals surface area contributed by atoms with Gasteiger partial charge in [-0.1, -0.05) is 0 Å². The molecule has 4 nitrogen and oxygen atoms in total. The molecular weight excluding hydrogens is 148 g/mol. The van der Waals surface area contributed by atoms with Crippen LogP contribution in [0.5, 0.6) is 0 Å². The highest BCUT2D eigenvalue weighted by molar-refractivity contribution is 5.99. The number of esters is 1. The smallest absolute Gasteiger partial charge is 0.330 e. The quantitative estimate of drug-likeness (QED) is 0.319. The van der Waals surface area contributed by atoms with E-state index in [-0.39, 0.29) is 11.9 Å². The highest BCUT2D eigenvalue weighted by atomic mass is 16.6. The van der Waals surface area contributed by atoms with E-state index in [0.717, 1.165) is 6.08 Å². The van der Waals surface area contributed by atoms with Crippen molar-refractivity contribution in [3.8, 4) is 0 Å². The molecule has 1 atom stereocenters. The van der Waals surface area contributed by atoms with Crippen molar-refractivity contribution in [1.29, 1.82) is 0 Å². The molecule has 11 heavy (non-hydrogen) atoms. The molecule has 0 aliphatic carbocycles. The number of epoxide rings is 1. The highest BCUT2D eigenvalue weighted by Crippen LogP contribution is 2.09. The lowest BCUT2D eigenvalue weighted by molar-refractivity contribution is -0.135. The first kappa shape index (κ1) is 7.94. The maximum Gasteiger partial charge on any atom is 0.330 e. The van der Waals surface area contributed by atoms with Gasteiger partial charge in [0.2, 0.25) is 0 Å². The number of hydrogen-bond acceptors (Lipinski definition) is 4. The summed E-state index contributed by atoms with van der Waals surface area (Å²) in [4.78, 5) is 21.3. The van der Waals surface area contributed by atoms with E-state index in [4.69, 9.17) is 0 Å². The van der Waals surface area contributed by atoms with E-state index in [9.17, 15) is 9.59 Å². The molecule has 1 saturated heterocycles. The molecule has 1 aliphatic rings. The van der Waals surface area contributed by atoms with Gasteiger partial charge in [0.25, 0.3) is 0 Å². The number of hydrogen-bond donors (Lipinski definition) is 0. The summed E-state index contributed by atoms with van der Waals surface area (Å²) in [5.41, 5.74) is 0.